The summed E-state index contributed by atoms with van der Waals surface area (Å²) in [7, 11) is 0. The summed E-state index contributed by atoms with van der Waals surface area (Å²) < 4.78 is 5.75. The van der Waals surface area contributed by atoms with Gasteiger partial charge in [0.15, 0.2) is 0 Å². The number of carbonyl (C=O) groups is 1. The van der Waals surface area contributed by atoms with Gasteiger partial charge in [-0.2, -0.15) is 5.26 Å². The number of benzene rings is 2. The number of hydrogen-bond donors (Lipinski definition) is 0. The lowest BCUT2D eigenvalue weighted by molar-refractivity contribution is -0.117. The molecule has 2 aromatic rings. The van der Waals surface area contributed by atoms with Crippen LogP contribution in [0.2, 0.25) is 0 Å². The van der Waals surface area contributed by atoms with Crippen LogP contribution in [0, 0.1) is 17.2 Å². The molecule has 1 unspecified atom stereocenters. The lowest BCUT2D eigenvalue weighted by Gasteiger charge is -2.17. The molecule has 1 aliphatic rings. The maximum Gasteiger partial charge on any atom is 0.227 e. The highest BCUT2D eigenvalue weighted by Crippen LogP contribution is 2.28. The van der Waals surface area contributed by atoms with E-state index in [4.69, 9.17) is 10.00 Å². The van der Waals surface area contributed by atoms with Gasteiger partial charge in [-0.3, -0.25) is 4.79 Å². The Kier molecular flexibility index (Phi) is 4.58. The molecular weight excluding hydrogens is 288 g/mol. The zero-order chi connectivity index (χ0) is 16.1. The third kappa shape index (κ3) is 3.70. The first-order chi connectivity index (χ1) is 11.3. The van der Waals surface area contributed by atoms with Crippen molar-refractivity contribution in [2.75, 3.05) is 11.4 Å². The van der Waals surface area contributed by atoms with Gasteiger partial charge in [0.2, 0.25) is 5.91 Å². The first-order valence-corrected chi connectivity index (χ1v) is 7.70. The van der Waals surface area contributed by atoms with E-state index in [9.17, 15) is 4.79 Å². The molecule has 4 heteroatoms. The number of rotatable bonds is 5. The van der Waals surface area contributed by atoms with Gasteiger partial charge in [-0.25, -0.2) is 0 Å². The van der Waals surface area contributed by atoms with E-state index in [1.807, 2.05) is 54.6 Å². The van der Waals surface area contributed by atoms with Crippen molar-refractivity contribution in [3.8, 4) is 11.8 Å². The largest absolute Gasteiger partial charge is 0.489 e. The molecule has 2 aromatic carbocycles. The van der Waals surface area contributed by atoms with E-state index in [-0.39, 0.29) is 11.8 Å². The highest BCUT2D eigenvalue weighted by atomic mass is 16.5. The number of anilines is 1. The molecule has 23 heavy (non-hydrogen) atoms. The minimum absolute atomic E-state index is 0.0863. The van der Waals surface area contributed by atoms with Gasteiger partial charge in [-0.15, -0.1) is 0 Å². The Labute approximate surface area is 135 Å². The Morgan fingerprint density at radius 1 is 1.13 bits per heavy atom. The molecule has 0 radical (unpaired) electrons. The number of nitriles is 1. The molecule has 1 amide bonds. The average molecular weight is 306 g/mol. The van der Waals surface area contributed by atoms with Crippen LogP contribution >= 0.6 is 0 Å². The Morgan fingerprint density at radius 3 is 2.57 bits per heavy atom. The maximum absolute atomic E-state index is 12.0. The van der Waals surface area contributed by atoms with Crippen molar-refractivity contribution < 1.29 is 9.53 Å². The fraction of sp³-hybridized carbons (Fsp3) is 0.263. The Morgan fingerprint density at radius 2 is 1.87 bits per heavy atom. The van der Waals surface area contributed by atoms with Gasteiger partial charge in [0, 0.05) is 25.1 Å². The summed E-state index contributed by atoms with van der Waals surface area (Å²) in [5.41, 5.74) is 1.98. The summed E-state index contributed by atoms with van der Waals surface area (Å²) in [6.07, 6.45) is 0.889. The third-order valence-corrected chi connectivity index (χ3v) is 3.98. The predicted molar refractivity (Wildman–Crippen MR) is 87.9 cm³/mol. The maximum atomic E-state index is 12.0. The van der Waals surface area contributed by atoms with Crippen LogP contribution in [0.25, 0.3) is 0 Å². The van der Waals surface area contributed by atoms with Crippen LogP contribution in [0.4, 0.5) is 5.69 Å². The summed E-state index contributed by atoms with van der Waals surface area (Å²) in [5.74, 6) is 1.00. The SMILES string of the molecule is N#CCC1CC(=O)N(c2ccc(OCc3ccccc3)cc2)C1. The van der Waals surface area contributed by atoms with E-state index in [0.29, 0.717) is 26.0 Å². The standard InChI is InChI=1S/C19H18N2O2/c20-11-10-16-12-19(22)21(13-16)17-6-8-18(9-7-17)23-14-15-4-2-1-3-5-15/h1-9,16H,10,12-14H2. The first-order valence-electron chi connectivity index (χ1n) is 7.70. The molecule has 0 saturated carbocycles. The van der Waals surface area contributed by atoms with Crippen molar-refractivity contribution in [3.63, 3.8) is 0 Å². The molecule has 0 aliphatic carbocycles. The zero-order valence-electron chi connectivity index (χ0n) is 12.8. The normalized spacial score (nSPS) is 17.1. The second-order valence-corrected chi connectivity index (χ2v) is 5.70. The van der Waals surface area contributed by atoms with Gasteiger partial charge in [0.1, 0.15) is 12.4 Å². The molecule has 0 N–H and O–H groups in total. The van der Waals surface area contributed by atoms with Crippen molar-refractivity contribution >= 4 is 11.6 Å². The summed E-state index contributed by atoms with van der Waals surface area (Å²) >= 11 is 0. The monoisotopic (exact) mass is 306 g/mol. The molecule has 1 heterocycles. The topological polar surface area (TPSA) is 53.3 Å². The molecule has 0 bridgehead atoms. The van der Waals surface area contributed by atoms with Crippen LogP contribution in [0.5, 0.6) is 5.75 Å². The van der Waals surface area contributed by atoms with E-state index < -0.39 is 0 Å². The summed E-state index contributed by atoms with van der Waals surface area (Å²) in [4.78, 5) is 13.8. The zero-order valence-corrected chi connectivity index (χ0v) is 12.8. The van der Waals surface area contributed by atoms with E-state index >= 15 is 0 Å². The lowest BCUT2D eigenvalue weighted by Crippen LogP contribution is -2.24. The third-order valence-electron chi connectivity index (χ3n) is 3.98. The molecule has 1 aliphatic heterocycles. The van der Waals surface area contributed by atoms with Gasteiger partial charge >= 0.3 is 0 Å². The van der Waals surface area contributed by atoms with E-state index in [0.717, 1.165) is 17.0 Å². The predicted octanol–water partition coefficient (Wildman–Crippen LogP) is 3.53. The van der Waals surface area contributed by atoms with Crippen LogP contribution in [0.3, 0.4) is 0 Å². The number of nitrogens with zero attached hydrogens (tertiary/aromatic N) is 2. The van der Waals surface area contributed by atoms with Crippen molar-refractivity contribution in [3.05, 3.63) is 60.2 Å². The van der Waals surface area contributed by atoms with Gasteiger partial charge in [-0.1, -0.05) is 30.3 Å². The van der Waals surface area contributed by atoms with Gasteiger partial charge in [-0.05, 0) is 35.7 Å². The molecule has 1 saturated heterocycles. The molecule has 4 nitrogen and oxygen atoms in total. The molecule has 0 spiro atoms. The Balaban J connectivity index is 1.61. The molecule has 3 rings (SSSR count). The van der Waals surface area contributed by atoms with Crippen molar-refractivity contribution in [2.24, 2.45) is 5.92 Å². The number of carbonyl (C=O) groups excluding carboxylic acids is 1. The van der Waals surface area contributed by atoms with E-state index in [2.05, 4.69) is 6.07 Å². The van der Waals surface area contributed by atoms with Crippen LogP contribution in [-0.2, 0) is 11.4 Å². The Hall–Kier alpha value is -2.80. The highest BCUT2D eigenvalue weighted by Gasteiger charge is 2.30. The summed E-state index contributed by atoms with van der Waals surface area (Å²) in [6.45, 7) is 1.14. The highest BCUT2D eigenvalue weighted by molar-refractivity contribution is 5.95. The van der Waals surface area contributed by atoms with Crippen LogP contribution in [-0.4, -0.2) is 12.5 Å². The van der Waals surface area contributed by atoms with Crippen molar-refractivity contribution in [1.82, 2.24) is 0 Å². The molecule has 1 atom stereocenters. The number of amides is 1. The van der Waals surface area contributed by atoms with Crippen LogP contribution < -0.4 is 9.64 Å². The fourth-order valence-corrected chi connectivity index (χ4v) is 2.76. The van der Waals surface area contributed by atoms with Crippen LogP contribution in [0.1, 0.15) is 18.4 Å². The molecule has 116 valence electrons. The van der Waals surface area contributed by atoms with E-state index in [1.165, 1.54) is 0 Å². The Bertz CT molecular complexity index is 704. The second-order valence-electron chi connectivity index (χ2n) is 5.70. The molecular formula is C19H18N2O2. The van der Waals surface area contributed by atoms with Gasteiger partial charge in [0.05, 0.1) is 6.07 Å². The fourth-order valence-electron chi connectivity index (χ4n) is 2.76. The number of ether oxygens (including phenoxy) is 1. The quantitative estimate of drug-likeness (QED) is 0.849. The summed E-state index contributed by atoms with van der Waals surface area (Å²) in [6, 6.07) is 19.7. The van der Waals surface area contributed by atoms with Gasteiger partial charge < -0.3 is 9.64 Å². The summed E-state index contributed by atoms with van der Waals surface area (Å²) in [5, 5.41) is 8.76. The van der Waals surface area contributed by atoms with Crippen LogP contribution in [0.15, 0.2) is 54.6 Å². The average Bonchev–Trinajstić information content (AvgIpc) is 2.95. The van der Waals surface area contributed by atoms with Gasteiger partial charge in [0.25, 0.3) is 0 Å². The second kappa shape index (κ2) is 6.97. The van der Waals surface area contributed by atoms with Crippen molar-refractivity contribution in [1.29, 1.82) is 5.26 Å². The molecule has 0 aromatic heterocycles. The number of hydrogen-bond acceptors (Lipinski definition) is 3. The smallest absolute Gasteiger partial charge is 0.227 e. The minimum Gasteiger partial charge on any atom is -0.489 e. The lowest BCUT2D eigenvalue weighted by atomic mass is 10.1. The van der Waals surface area contributed by atoms with E-state index in [1.54, 1.807) is 4.90 Å². The van der Waals surface area contributed by atoms with Crippen molar-refractivity contribution in [2.45, 2.75) is 19.4 Å². The first kappa shape index (κ1) is 15.1. The minimum atomic E-state index is 0.0863. The molecule has 1 fully saturated rings.